The summed E-state index contributed by atoms with van der Waals surface area (Å²) in [5, 5.41) is 0. The van der Waals surface area contributed by atoms with Crippen LogP contribution < -0.4 is 0 Å². The van der Waals surface area contributed by atoms with Crippen LogP contribution in [0.4, 0.5) is 0 Å². The van der Waals surface area contributed by atoms with E-state index in [-0.39, 0.29) is 1.43 Å². The predicted octanol–water partition coefficient (Wildman–Crippen LogP) is 2.11. The molecule has 0 amide bonds. The summed E-state index contributed by atoms with van der Waals surface area (Å²) < 4.78 is 0. The van der Waals surface area contributed by atoms with Gasteiger partial charge in [-0.25, -0.2) is 0 Å². The Hall–Kier alpha value is -0.630. The molecule has 1 aliphatic carbocycles. The third kappa shape index (κ3) is 2.19. The molecule has 0 aromatic heterocycles. The van der Waals surface area contributed by atoms with E-state index in [0.717, 1.165) is 25.2 Å². The normalized spacial score (nSPS) is 33.5. The summed E-state index contributed by atoms with van der Waals surface area (Å²) in [7, 11) is 2.14. The van der Waals surface area contributed by atoms with E-state index in [4.69, 9.17) is 0 Å². The molecule has 1 saturated heterocycles. The van der Waals surface area contributed by atoms with Crippen LogP contribution in [0.1, 0.15) is 27.1 Å². The number of likely N-dealkylation sites (tertiary alicyclic amines) is 1. The number of hydrogen-bond acceptors (Lipinski definition) is 2. The van der Waals surface area contributed by atoms with E-state index in [2.05, 4.69) is 25.1 Å². The number of ketones is 1. The van der Waals surface area contributed by atoms with Crippen LogP contribution >= 0.6 is 0 Å². The van der Waals surface area contributed by atoms with Crippen molar-refractivity contribution in [1.29, 1.82) is 0 Å². The molecule has 0 radical (unpaired) electrons. The first-order chi connectivity index (χ1) is 6.27. The summed E-state index contributed by atoms with van der Waals surface area (Å²) in [6, 6.07) is 0.594. The van der Waals surface area contributed by atoms with Crippen molar-refractivity contribution in [2.75, 3.05) is 13.6 Å². The summed E-state index contributed by atoms with van der Waals surface area (Å²) >= 11 is 0. The molecular weight excluding hydrogens is 162 g/mol. The lowest BCUT2D eigenvalue weighted by molar-refractivity contribution is -0.122. The van der Waals surface area contributed by atoms with E-state index < -0.39 is 0 Å². The first-order valence-electron chi connectivity index (χ1n) is 4.99. The molecule has 0 spiro atoms. The van der Waals surface area contributed by atoms with E-state index in [1.807, 2.05) is 0 Å². The third-order valence-electron chi connectivity index (χ3n) is 3.19. The molecule has 1 heterocycles. The summed E-state index contributed by atoms with van der Waals surface area (Å²) in [4.78, 5) is 13.5. The van der Waals surface area contributed by atoms with Crippen molar-refractivity contribution < 1.29 is 6.22 Å². The lowest BCUT2D eigenvalue weighted by Gasteiger charge is -2.28. The average Bonchev–Trinajstić information content (AvgIpc) is 2.52. The van der Waals surface area contributed by atoms with E-state index in [9.17, 15) is 4.79 Å². The van der Waals surface area contributed by atoms with Gasteiger partial charge in [-0.1, -0.05) is 0 Å². The predicted molar refractivity (Wildman–Crippen MR) is 56.8 cm³/mol. The fourth-order valence-corrected chi connectivity index (χ4v) is 2.43. The van der Waals surface area contributed by atoms with Crippen molar-refractivity contribution in [1.82, 2.24) is 4.90 Å². The van der Waals surface area contributed by atoms with Crippen molar-refractivity contribution in [3.63, 3.8) is 0 Å². The number of Topliss-reactive ketones (excluding diaryl/α,β-unsaturated/α-hetero) is 1. The lowest BCUT2D eigenvalue weighted by atomic mass is 9.84. The zero-order valence-corrected chi connectivity index (χ0v) is 8.46. The topological polar surface area (TPSA) is 20.3 Å². The SMILES string of the molecule is C=C.CN1CCC2CCC(=O)CC21.[HH]. The van der Waals surface area contributed by atoms with E-state index in [1.54, 1.807) is 0 Å². The molecular formula is C11H21NO. The van der Waals surface area contributed by atoms with Crippen molar-refractivity contribution in [2.45, 2.75) is 31.7 Å². The van der Waals surface area contributed by atoms with Crippen LogP contribution in [0.25, 0.3) is 0 Å². The molecule has 13 heavy (non-hydrogen) atoms. The maximum atomic E-state index is 11.1. The molecule has 1 aliphatic heterocycles. The molecule has 0 bridgehead atoms. The van der Waals surface area contributed by atoms with Gasteiger partial charge in [0.15, 0.2) is 0 Å². The van der Waals surface area contributed by atoms with Gasteiger partial charge < -0.3 is 4.90 Å². The molecule has 2 fully saturated rings. The number of carbonyl (C=O) groups is 1. The Morgan fingerprint density at radius 1 is 1.46 bits per heavy atom. The molecule has 0 aromatic carbocycles. The minimum absolute atomic E-state index is 0. The van der Waals surface area contributed by atoms with E-state index in [1.165, 1.54) is 13.0 Å². The van der Waals surface area contributed by atoms with Crippen LogP contribution in [0.15, 0.2) is 13.2 Å². The van der Waals surface area contributed by atoms with Gasteiger partial charge >= 0.3 is 0 Å². The third-order valence-corrected chi connectivity index (χ3v) is 3.19. The van der Waals surface area contributed by atoms with Crippen LogP contribution in [-0.2, 0) is 4.79 Å². The van der Waals surface area contributed by atoms with Crippen molar-refractivity contribution in [3.8, 4) is 0 Å². The molecule has 76 valence electrons. The van der Waals surface area contributed by atoms with Gasteiger partial charge in [0.2, 0.25) is 0 Å². The molecule has 0 N–H and O–H groups in total. The minimum Gasteiger partial charge on any atom is -0.303 e. The van der Waals surface area contributed by atoms with Crippen LogP contribution in [-0.4, -0.2) is 30.3 Å². The highest BCUT2D eigenvalue weighted by Crippen LogP contribution is 2.33. The minimum atomic E-state index is 0. The molecule has 2 atom stereocenters. The summed E-state index contributed by atoms with van der Waals surface area (Å²) in [6.45, 7) is 7.20. The molecule has 0 aromatic rings. The van der Waals surface area contributed by atoms with Crippen LogP contribution in [0.5, 0.6) is 0 Å². The molecule has 2 aliphatic rings. The van der Waals surface area contributed by atoms with Crippen LogP contribution in [0, 0.1) is 5.92 Å². The van der Waals surface area contributed by atoms with Gasteiger partial charge in [0, 0.05) is 20.3 Å². The summed E-state index contributed by atoms with van der Waals surface area (Å²) in [5.74, 6) is 1.30. The van der Waals surface area contributed by atoms with Crippen LogP contribution in [0.2, 0.25) is 0 Å². The number of rotatable bonds is 0. The Bertz CT molecular complexity index is 196. The molecule has 1 saturated carbocycles. The van der Waals surface area contributed by atoms with Crippen molar-refractivity contribution in [2.24, 2.45) is 5.92 Å². The fraction of sp³-hybridized carbons (Fsp3) is 0.727. The Morgan fingerprint density at radius 2 is 2.15 bits per heavy atom. The summed E-state index contributed by atoms with van der Waals surface area (Å²) in [6.07, 6.45) is 4.12. The lowest BCUT2D eigenvalue weighted by Crippen LogP contribution is -2.35. The number of hydrogen-bond donors (Lipinski definition) is 0. The zero-order valence-electron chi connectivity index (χ0n) is 8.46. The Morgan fingerprint density at radius 3 is 2.85 bits per heavy atom. The molecule has 2 unspecified atom stereocenters. The highest BCUT2D eigenvalue weighted by molar-refractivity contribution is 5.80. The summed E-state index contributed by atoms with van der Waals surface area (Å²) in [5.41, 5.74) is 0. The van der Waals surface area contributed by atoms with E-state index >= 15 is 0 Å². The number of fused-ring (bicyclic) bond motifs is 1. The average molecular weight is 183 g/mol. The van der Waals surface area contributed by atoms with Gasteiger partial charge in [-0.15, -0.1) is 13.2 Å². The molecule has 2 heteroatoms. The Kier molecular flexibility index (Phi) is 3.67. The van der Waals surface area contributed by atoms with Gasteiger partial charge in [0.05, 0.1) is 0 Å². The second-order valence-electron chi connectivity index (χ2n) is 3.88. The van der Waals surface area contributed by atoms with Crippen molar-refractivity contribution >= 4 is 5.78 Å². The van der Waals surface area contributed by atoms with Crippen molar-refractivity contribution in [3.05, 3.63) is 13.2 Å². The fourth-order valence-electron chi connectivity index (χ4n) is 2.43. The second kappa shape index (κ2) is 4.56. The molecule has 2 rings (SSSR count). The van der Waals surface area contributed by atoms with Gasteiger partial charge in [0.1, 0.15) is 5.78 Å². The van der Waals surface area contributed by atoms with Gasteiger partial charge in [-0.3, -0.25) is 4.79 Å². The van der Waals surface area contributed by atoms with Gasteiger partial charge in [-0.05, 0) is 32.4 Å². The first kappa shape index (κ1) is 10.5. The van der Waals surface area contributed by atoms with Gasteiger partial charge in [-0.2, -0.15) is 0 Å². The highest BCUT2D eigenvalue weighted by atomic mass is 16.1. The molecule has 2 nitrogen and oxygen atoms in total. The monoisotopic (exact) mass is 183 g/mol. The highest BCUT2D eigenvalue weighted by Gasteiger charge is 2.36. The second-order valence-corrected chi connectivity index (χ2v) is 3.88. The standard InChI is InChI=1S/C9H15NO.C2H4.H2/c1-10-5-4-7-2-3-8(11)6-9(7)10;1-2;/h7,9H,2-6H2,1H3;1-2H2;1H. The quantitative estimate of drug-likeness (QED) is 0.536. The Balaban J connectivity index is 0.000000531. The number of nitrogens with zero attached hydrogens (tertiary/aromatic N) is 1. The zero-order chi connectivity index (χ0) is 9.84. The van der Waals surface area contributed by atoms with Crippen LogP contribution in [0.3, 0.4) is 0 Å². The first-order valence-corrected chi connectivity index (χ1v) is 4.99. The van der Waals surface area contributed by atoms with E-state index in [0.29, 0.717) is 11.8 Å². The largest absolute Gasteiger partial charge is 0.303 e. The smallest absolute Gasteiger partial charge is 0.134 e. The van der Waals surface area contributed by atoms with Gasteiger partial charge in [0.25, 0.3) is 0 Å². The Labute approximate surface area is 82.1 Å². The maximum Gasteiger partial charge on any atom is 0.134 e. The maximum absolute atomic E-state index is 11.1. The number of carbonyl (C=O) groups excluding carboxylic acids is 1.